The molecular formula is C31H38ClN7O2S. The number of piperidine rings is 1. The van der Waals surface area contributed by atoms with E-state index in [1.807, 2.05) is 49.1 Å². The summed E-state index contributed by atoms with van der Waals surface area (Å²) < 4.78 is 0. The smallest absolute Gasteiger partial charge is 0.322 e. The van der Waals surface area contributed by atoms with Crippen molar-refractivity contribution in [3.05, 3.63) is 76.9 Å². The van der Waals surface area contributed by atoms with Crippen molar-refractivity contribution in [3.63, 3.8) is 0 Å². The summed E-state index contributed by atoms with van der Waals surface area (Å²) in [6, 6.07) is 20.0. The molecule has 2 N–H and O–H groups in total. The minimum Gasteiger partial charge on any atom is -0.353 e. The van der Waals surface area contributed by atoms with Crippen LogP contribution in [-0.2, 0) is 11.3 Å². The van der Waals surface area contributed by atoms with Gasteiger partial charge in [0.1, 0.15) is 11.0 Å². The topological polar surface area (TPSA) is 93.7 Å². The molecule has 1 aromatic heterocycles. The molecule has 0 bridgehead atoms. The Morgan fingerprint density at radius 3 is 2.52 bits per heavy atom. The van der Waals surface area contributed by atoms with Crippen molar-refractivity contribution in [3.8, 4) is 0 Å². The van der Waals surface area contributed by atoms with Crippen LogP contribution in [0.5, 0.6) is 0 Å². The first kappa shape index (κ1) is 30.1. The van der Waals surface area contributed by atoms with Gasteiger partial charge in [0.15, 0.2) is 5.16 Å². The first-order chi connectivity index (χ1) is 20.3. The van der Waals surface area contributed by atoms with Crippen molar-refractivity contribution in [1.82, 2.24) is 25.1 Å². The number of benzene rings is 2. The Balaban J connectivity index is 1.08. The molecule has 0 radical (unpaired) electrons. The number of hydrogen-bond acceptors (Lipinski definition) is 7. The lowest BCUT2D eigenvalue weighted by Gasteiger charge is -2.40. The number of amides is 3. The van der Waals surface area contributed by atoms with Crippen LogP contribution < -0.4 is 15.5 Å². The molecule has 2 aromatic carbocycles. The number of piperazine rings is 1. The summed E-state index contributed by atoms with van der Waals surface area (Å²) in [5, 5.41) is 6.99. The molecule has 2 aliphatic heterocycles. The van der Waals surface area contributed by atoms with E-state index in [-0.39, 0.29) is 29.8 Å². The predicted octanol–water partition coefficient (Wildman–Crippen LogP) is 5.05. The highest BCUT2D eigenvalue weighted by atomic mass is 35.5. The summed E-state index contributed by atoms with van der Waals surface area (Å²) in [5.41, 5.74) is 3.20. The Labute approximate surface area is 257 Å². The molecule has 2 saturated heterocycles. The zero-order valence-electron chi connectivity index (χ0n) is 24.1. The molecule has 2 fully saturated rings. The van der Waals surface area contributed by atoms with E-state index in [4.69, 9.17) is 16.6 Å². The summed E-state index contributed by atoms with van der Waals surface area (Å²) in [4.78, 5) is 41.1. The second-order valence-electron chi connectivity index (χ2n) is 11.0. The van der Waals surface area contributed by atoms with Crippen molar-refractivity contribution in [2.75, 3.05) is 48.7 Å². The summed E-state index contributed by atoms with van der Waals surface area (Å²) in [6.07, 6.45) is 1.88. The van der Waals surface area contributed by atoms with Gasteiger partial charge in [-0.3, -0.25) is 9.69 Å². The van der Waals surface area contributed by atoms with E-state index < -0.39 is 0 Å². The highest BCUT2D eigenvalue weighted by Gasteiger charge is 2.29. The number of nitrogens with zero attached hydrogens (tertiary/aromatic N) is 5. The fourth-order valence-electron chi connectivity index (χ4n) is 5.47. The molecule has 222 valence electrons. The maximum absolute atomic E-state index is 12.9. The second kappa shape index (κ2) is 14.2. The number of halogens is 1. The number of aromatic nitrogens is 2. The predicted molar refractivity (Wildman–Crippen MR) is 169 cm³/mol. The van der Waals surface area contributed by atoms with Crippen LogP contribution in [-0.4, -0.2) is 82.3 Å². The third kappa shape index (κ3) is 8.36. The van der Waals surface area contributed by atoms with Gasteiger partial charge < -0.3 is 20.4 Å². The van der Waals surface area contributed by atoms with Gasteiger partial charge in [0.25, 0.3) is 0 Å². The number of carbonyl (C=O) groups excluding carboxylic acids is 2. The van der Waals surface area contributed by atoms with E-state index in [0.29, 0.717) is 35.8 Å². The molecule has 3 heterocycles. The average molecular weight is 608 g/mol. The summed E-state index contributed by atoms with van der Waals surface area (Å²) >= 11 is 7.65. The van der Waals surface area contributed by atoms with Gasteiger partial charge >= 0.3 is 6.03 Å². The van der Waals surface area contributed by atoms with Crippen LogP contribution in [0.2, 0.25) is 5.15 Å². The standard InChI is InChI=1S/C31H38ClN7O2S/c1-22-7-6-10-26(17-22)34-31(41)39-16-15-38(19-23(39)2)28-18-27(32)35-30(36-28)42-21-29(40)33-25-11-13-37(14-12-25)20-24-8-4-3-5-9-24/h3-10,17-18,23,25H,11-16,19-21H2,1-2H3,(H,33,40)(H,34,41). The maximum atomic E-state index is 12.9. The summed E-state index contributed by atoms with van der Waals surface area (Å²) in [7, 11) is 0. The highest BCUT2D eigenvalue weighted by molar-refractivity contribution is 7.99. The van der Waals surface area contributed by atoms with Crippen LogP contribution in [0.3, 0.4) is 0 Å². The lowest BCUT2D eigenvalue weighted by Crippen LogP contribution is -2.55. The number of likely N-dealkylation sites (tertiary alicyclic amines) is 1. The molecular weight excluding hydrogens is 570 g/mol. The molecule has 3 amide bonds. The number of anilines is 2. The Kier molecular flexibility index (Phi) is 10.2. The van der Waals surface area contributed by atoms with E-state index in [9.17, 15) is 9.59 Å². The average Bonchev–Trinajstić information content (AvgIpc) is 2.97. The fraction of sp³-hybridized carbons (Fsp3) is 0.419. The Hall–Kier alpha value is -3.34. The number of carbonyl (C=O) groups is 2. The van der Waals surface area contributed by atoms with E-state index in [0.717, 1.165) is 43.7 Å². The number of aryl methyl sites for hydroxylation is 1. The third-order valence-corrected chi connectivity index (χ3v) is 8.72. The van der Waals surface area contributed by atoms with Crippen LogP contribution in [0.25, 0.3) is 0 Å². The first-order valence-corrected chi connectivity index (χ1v) is 15.8. The molecule has 1 unspecified atom stereocenters. The van der Waals surface area contributed by atoms with E-state index in [1.54, 1.807) is 6.07 Å². The monoisotopic (exact) mass is 607 g/mol. The zero-order chi connectivity index (χ0) is 29.5. The molecule has 5 rings (SSSR count). The van der Waals surface area contributed by atoms with E-state index in [2.05, 4.69) is 49.7 Å². The SMILES string of the molecule is Cc1cccc(NC(=O)N2CCN(c3cc(Cl)nc(SCC(=O)NC4CCN(Cc5ccccc5)CC4)n3)CC2C)c1. The minimum atomic E-state index is -0.113. The molecule has 9 nitrogen and oxygen atoms in total. The van der Waals surface area contributed by atoms with Crippen molar-refractivity contribution in [2.45, 2.75) is 50.5 Å². The van der Waals surface area contributed by atoms with Gasteiger partial charge in [0.2, 0.25) is 5.91 Å². The van der Waals surface area contributed by atoms with Crippen molar-refractivity contribution in [1.29, 1.82) is 0 Å². The van der Waals surface area contributed by atoms with Crippen LogP contribution in [0.15, 0.2) is 65.8 Å². The third-order valence-electron chi connectivity index (χ3n) is 7.68. The number of rotatable bonds is 8. The summed E-state index contributed by atoms with van der Waals surface area (Å²) in [5.74, 6) is 0.913. The molecule has 0 saturated carbocycles. The number of thioether (sulfide) groups is 1. The lowest BCUT2D eigenvalue weighted by molar-refractivity contribution is -0.119. The fourth-order valence-corrected chi connectivity index (χ4v) is 6.37. The van der Waals surface area contributed by atoms with Crippen molar-refractivity contribution >= 4 is 46.8 Å². The molecule has 0 spiro atoms. The van der Waals surface area contributed by atoms with Crippen LogP contribution in [0.4, 0.5) is 16.3 Å². The van der Waals surface area contributed by atoms with Crippen LogP contribution in [0, 0.1) is 6.92 Å². The van der Waals surface area contributed by atoms with Gasteiger partial charge in [-0.1, -0.05) is 65.8 Å². The lowest BCUT2D eigenvalue weighted by atomic mass is 10.0. The number of nitrogens with one attached hydrogen (secondary N) is 2. The van der Waals surface area contributed by atoms with Gasteiger partial charge in [-0.05, 0) is 49.9 Å². The van der Waals surface area contributed by atoms with Gasteiger partial charge in [-0.25, -0.2) is 14.8 Å². The molecule has 1 atom stereocenters. The summed E-state index contributed by atoms with van der Waals surface area (Å²) in [6.45, 7) is 8.68. The van der Waals surface area contributed by atoms with Gasteiger partial charge in [0, 0.05) is 63.1 Å². The van der Waals surface area contributed by atoms with Crippen molar-refractivity contribution in [2.24, 2.45) is 0 Å². The minimum absolute atomic E-state index is 0.0199. The van der Waals surface area contributed by atoms with Gasteiger partial charge in [-0.2, -0.15) is 0 Å². The maximum Gasteiger partial charge on any atom is 0.322 e. The molecule has 2 aliphatic rings. The number of urea groups is 1. The zero-order valence-corrected chi connectivity index (χ0v) is 25.7. The second-order valence-corrected chi connectivity index (χ2v) is 12.3. The molecule has 11 heteroatoms. The van der Waals surface area contributed by atoms with Gasteiger partial charge in [-0.15, -0.1) is 0 Å². The van der Waals surface area contributed by atoms with Crippen molar-refractivity contribution < 1.29 is 9.59 Å². The normalized spacial score (nSPS) is 18.1. The Morgan fingerprint density at radius 2 is 1.79 bits per heavy atom. The Morgan fingerprint density at radius 1 is 1.00 bits per heavy atom. The van der Waals surface area contributed by atoms with Crippen LogP contribution >= 0.6 is 23.4 Å². The quantitative estimate of drug-likeness (QED) is 0.210. The number of hydrogen-bond donors (Lipinski definition) is 2. The first-order valence-electron chi connectivity index (χ1n) is 14.4. The molecule has 0 aliphatic carbocycles. The van der Waals surface area contributed by atoms with E-state index in [1.165, 1.54) is 17.3 Å². The molecule has 3 aromatic rings. The largest absolute Gasteiger partial charge is 0.353 e. The Bertz CT molecular complexity index is 1370. The van der Waals surface area contributed by atoms with E-state index >= 15 is 0 Å². The molecule has 42 heavy (non-hydrogen) atoms. The van der Waals surface area contributed by atoms with Gasteiger partial charge in [0.05, 0.1) is 5.75 Å². The van der Waals surface area contributed by atoms with Crippen LogP contribution in [0.1, 0.15) is 30.9 Å². The highest BCUT2D eigenvalue weighted by Crippen LogP contribution is 2.25.